The first kappa shape index (κ1) is 14.3. The van der Waals surface area contributed by atoms with Crippen molar-refractivity contribution in [3.63, 3.8) is 0 Å². The van der Waals surface area contributed by atoms with Crippen molar-refractivity contribution in [1.29, 1.82) is 0 Å². The van der Waals surface area contributed by atoms with Crippen molar-refractivity contribution in [3.8, 4) is 0 Å². The standard InChI is InChI=1S/C16H17N3O3/c1-11-9-13(18-22-11)16(21)19-8-7-17-15(20)10-14(19)12-5-3-2-4-6-12/h2-6,9,14H,7-8,10H2,1H3,(H,17,20). The minimum atomic E-state index is -0.298. The molecule has 1 aromatic heterocycles. The fraction of sp³-hybridized carbons (Fsp3) is 0.312. The lowest BCUT2D eigenvalue weighted by atomic mass is 10.0. The van der Waals surface area contributed by atoms with Gasteiger partial charge in [-0.25, -0.2) is 0 Å². The number of carbonyl (C=O) groups is 2. The quantitative estimate of drug-likeness (QED) is 0.915. The molecule has 1 fully saturated rings. The van der Waals surface area contributed by atoms with Gasteiger partial charge < -0.3 is 14.7 Å². The summed E-state index contributed by atoms with van der Waals surface area (Å²) in [6.45, 7) is 2.62. The maximum Gasteiger partial charge on any atom is 0.276 e. The summed E-state index contributed by atoms with van der Waals surface area (Å²) in [7, 11) is 0. The van der Waals surface area contributed by atoms with Gasteiger partial charge in [0.05, 0.1) is 12.5 Å². The lowest BCUT2D eigenvalue weighted by molar-refractivity contribution is -0.121. The van der Waals surface area contributed by atoms with Crippen molar-refractivity contribution in [3.05, 3.63) is 53.4 Å². The summed E-state index contributed by atoms with van der Waals surface area (Å²) in [4.78, 5) is 26.3. The second kappa shape index (κ2) is 6.01. The molecule has 1 saturated heterocycles. The van der Waals surface area contributed by atoms with Crippen LogP contribution in [0.3, 0.4) is 0 Å². The SMILES string of the molecule is Cc1cc(C(=O)N2CCNC(=O)CC2c2ccccc2)no1. The Labute approximate surface area is 128 Å². The smallest absolute Gasteiger partial charge is 0.276 e. The molecule has 2 heterocycles. The lowest BCUT2D eigenvalue weighted by Gasteiger charge is -2.28. The Morgan fingerprint density at radius 1 is 1.36 bits per heavy atom. The number of nitrogens with zero attached hydrogens (tertiary/aromatic N) is 2. The molecule has 1 aromatic carbocycles. The predicted octanol–water partition coefficient (Wildman–Crippen LogP) is 1.69. The van der Waals surface area contributed by atoms with Crippen molar-refractivity contribution in [2.45, 2.75) is 19.4 Å². The minimum Gasteiger partial charge on any atom is -0.361 e. The minimum absolute atomic E-state index is 0.0551. The van der Waals surface area contributed by atoms with Crippen molar-refractivity contribution < 1.29 is 14.1 Å². The summed E-state index contributed by atoms with van der Waals surface area (Å²) in [6, 6.07) is 10.9. The van der Waals surface area contributed by atoms with Crippen LogP contribution in [0.4, 0.5) is 0 Å². The molecule has 22 heavy (non-hydrogen) atoms. The van der Waals surface area contributed by atoms with E-state index in [9.17, 15) is 9.59 Å². The Kier molecular flexibility index (Phi) is 3.91. The van der Waals surface area contributed by atoms with Crippen LogP contribution in [0.5, 0.6) is 0 Å². The molecule has 0 radical (unpaired) electrons. The Morgan fingerprint density at radius 3 is 2.82 bits per heavy atom. The molecule has 0 bridgehead atoms. The van der Waals surface area contributed by atoms with E-state index in [0.717, 1.165) is 5.56 Å². The molecular weight excluding hydrogens is 282 g/mol. The zero-order chi connectivity index (χ0) is 15.5. The van der Waals surface area contributed by atoms with E-state index in [0.29, 0.717) is 18.8 Å². The van der Waals surface area contributed by atoms with Gasteiger partial charge in [-0.05, 0) is 12.5 Å². The Bertz CT molecular complexity index is 681. The third-order valence-electron chi connectivity index (χ3n) is 3.72. The third kappa shape index (κ3) is 2.86. The second-order valence-electron chi connectivity index (χ2n) is 5.30. The van der Waals surface area contributed by atoms with E-state index < -0.39 is 0 Å². The highest BCUT2D eigenvalue weighted by Crippen LogP contribution is 2.27. The van der Waals surface area contributed by atoms with Gasteiger partial charge in [-0.1, -0.05) is 35.5 Å². The highest BCUT2D eigenvalue weighted by atomic mass is 16.5. The van der Waals surface area contributed by atoms with Crippen LogP contribution in [-0.2, 0) is 4.79 Å². The summed E-state index contributed by atoms with van der Waals surface area (Å²) in [6.07, 6.45) is 0.243. The van der Waals surface area contributed by atoms with Crippen LogP contribution in [0, 0.1) is 6.92 Å². The van der Waals surface area contributed by atoms with E-state index in [1.807, 2.05) is 30.3 Å². The van der Waals surface area contributed by atoms with E-state index >= 15 is 0 Å². The average Bonchev–Trinajstić information content (AvgIpc) is 2.86. The lowest BCUT2D eigenvalue weighted by Crippen LogP contribution is -2.36. The number of hydrogen-bond donors (Lipinski definition) is 1. The highest BCUT2D eigenvalue weighted by Gasteiger charge is 2.31. The monoisotopic (exact) mass is 299 g/mol. The molecule has 0 aliphatic carbocycles. The number of carbonyl (C=O) groups excluding carboxylic acids is 2. The highest BCUT2D eigenvalue weighted by molar-refractivity contribution is 5.93. The second-order valence-corrected chi connectivity index (χ2v) is 5.30. The van der Waals surface area contributed by atoms with E-state index in [4.69, 9.17) is 4.52 Å². The summed E-state index contributed by atoms with van der Waals surface area (Å²) in [5, 5.41) is 6.61. The zero-order valence-electron chi connectivity index (χ0n) is 12.3. The first-order valence-corrected chi connectivity index (χ1v) is 7.21. The van der Waals surface area contributed by atoms with Gasteiger partial charge in [-0.3, -0.25) is 9.59 Å². The molecule has 1 unspecified atom stereocenters. The van der Waals surface area contributed by atoms with Gasteiger partial charge in [0.15, 0.2) is 5.69 Å². The fourth-order valence-corrected chi connectivity index (χ4v) is 2.66. The molecule has 1 N–H and O–H groups in total. The van der Waals surface area contributed by atoms with Gasteiger partial charge in [0.2, 0.25) is 5.91 Å². The first-order valence-electron chi connectivity index (χ1n) is 7.21. The van der Waals surface area contributed by atoms with Gasteiger partial charge in [-0.2, -0.15) is 0 Å². The van der Waals surface area contributed by atoms with E-state index in [-0.39, 0.29) is 30.0 Å². The normalized spacial score (nSPS) is 18.7. The molecule has 1 aliphatic heterocycles. The number of aromatic nitrogens is 1. The first-order chi connectivity index (χ1) is 10.6. The number of hydrogen-bond acceptors (Lipinski definition) is 4. The number of rotatable bonds is 2. The molecule has 114 valence electrons. The zero-order valence-corrected chi connectivity index (χ0v) is 12.3. The van der Waals surface area contributed by atoms with E-state index in [1.165, 1.54) is 0 Å². The number of benzene rings is 1. The molecule has 1 aliphatic rings. The number of nitrogens with one attached hydrogen (secondary N) is 1. The Balaban J connectivity index is 1.94. The van der Waals surface area contributed by atoms with Gasteiger partial charge in [0, 0.05) is 19.2 Å². The summed E-state index contributed by atoms with van der Waals surface area (Å²) in [5.74, 6) is 0.311. The average molecular weight is 299 g/mol. The van der Waals surface area contributed by atoms with Crippen LogP contribution >= 0.6 is 0 Å². The molecule has 0 saturated carbocycles. The Hall–Kier alpha value is -2.63. The van der Waals surface area contributed by atoms with Crippen LogP contribution < -0.4 is 5.32 Å². The van der Waals surface area contributed by atoms with Crippen LogP contribution in [0.1, 0.15) is 34.3 Å². The van der Waals surface area contributed by atoms with E-state index in [1.54, 1.807) is 17.9 Å². The molecule has 1 atom stereocenters. The molecule has 6 heteroatoms. The maximum atomic E-state index is 12.7. The van der Waals surface area contributed by atoms with Crippen LogP contribution in [0.15, 0.2) is 40.9 Å². The predicted molar refractivity (Wildman–Crippen MR) is 79.1 cm³/mol. The van der Waals surface area contributed by atoms with E-state index in [2.05, 4.69) is 10.5 Å². The van der Waals surface area contributed by atoms with Gasteiger partial charge in [0.25, 0.3) is 5.91 Å². The van der Waals surface area contributed by atoms with Crippen molar-refractivity contribution in [1.82, 2.24) is 15.4 Å². The maximum absolute atomic E-state index is 12.7. The molecule has 2 amide bonds. The molecule has 6 nitrogen and oxygen atoms in total. The number of aryl methyl sites for hydroxylation is 1. The van der Waals surface area contributed by atoms with Crippen LogP contribution in [0.25, 0.3) is 0 Å². The topological polar surface area (TPSA) is 75.4 Å². The van der Waals surface area contributed by atoms with Gasteiger partial charge in [0.1, 0.15) is 5.76 Å². The van der Waals surface area contributed by atoms with Crippen molar-refractivity contribution in [2.75, 3.05) is 13.1 Å². The fourth-order valence-electron chi connectivity index (χ4n) is 2.66. The largest absolute Gasteiger partial charge is 0.361 e. The Morgan fingerprint density at radius 2 is 2.14 bits per heavy atom. The van der Waals surface area contributed by atoms with Gasteiger partial charge >= 0.3 is 0 Å². The van der Waals surface area contributed by atoms with Crippen molar-refractivity contribution in [2.24, 2.45) is 0 Å². The van der Waals surface area contributed by atoms with Crippen LogP contribution in [-0.4, -0.2) is 35.0 Å². The summed E-state index contributed by atoms with van der Waals surface area (Å²) >= 11 is 0. The summed E-state index contributed by atoms with van der Waals surface area (Å²) in [5.41, 5.74) is 1.21. The molecular formula is C16H17N3O3. The number of amides is 2. The molecule has 0 spiro atoms. The van der Waals surface area contributed by atoms with Crippen LogP contribution in [0.2, 0.25) is 0 Å². The molecule has 2 aromatic rings. The van der Waals surface area contributed by atoms with Crippen molar-refractivity contribution >= 4 is 11.8 Å². The summed E-state index contributed by atoms with van der Waals surface area (Å²) < 4.78 is 4.99. The van der Waals surface area contributed by atoms with Gasteiger partial charge in [-0.15, -0.1) is 0 Å². The molecule has 3 rings (SSSR count). The third-order valence-corrected chi connectivity index (χ3v) is 3.72.